The predicted molar refractivity (Wildman–Crippen MR) is 66.2 cm³/mol. The lowest BCUT2D eigenvalue weighted by Crippen LogP contribution is -2.09. The van der Waals surface area contributed by atoms with E-state index in [0.717, 1.165) is 11.5 Å². The molecule has 88 valence electrons. The fraction of sp³-hybridized carbons (Fsp3) is 0.692. The Balaban J connectivity index is 2.13. The van der Waals surface area contributed by atoms with Gasteiger partial charge >= 0.3 is 0 Å². The van der Waals surface area contributed by atoms with E-state index in [-0.39, 0.29) is 0 Å². The summed E-state index contributed by atoms with van der Waals surface area (Å²) in [6, 6.07) is 1.84. The minimum Gasteiger partial charge on any atom is -0.384 e. The Morgan fingerprint density at radius 1 is 1.06 bits per heavy atom. The van der Waals surface area contributed by atoms with Gasteiger partial charge in [-0.25, -0.2) is 9.97 Å². The van der Waals surface area contributed by atoms with Crippen molar-refractivity contribution in [1.82, 2.24) is 9.97 Å². The number of nitrogens with zero attached hydrogens (tertiary/aromatic N) is 2. The second-order valence-electron chi connectivity index (χ2n) is 4.83. The number of nitrogens with two attached hydrogens (primary N) is 1. The molecule has 1 fully saturated rings. The van der Waals surface area contributed by atoms with Gasteiger partial charge < -0.3 is 5.73 Å². The van der Waals surface area contributed by atoms with Gasteiger partial charge in [0.2, 0.25) is 0 Å². The first-order valence-corrected chi connectivity index (χ1v) is 6.37. The van der Waals surface area contributed by atoms with Gasteiger partial charge in [0, 0.05) is 17.7 Å². The Kier molecular flexibility index (Phi) is 3.75. The first kappa shape index (κ1) is 11.4. The van der Waals surface area contributed by atoms with E-state index in [9.17, 15) is 0 Å². The van der Waals surface area contributed by atoms with Crippen molar-refractivity contribution in [3.8, 4) is 0 Å². The Bertz CT molecular complexity index is 321. The van der Waals surface area contributed by atoms with Gasteiger partial charge in [0.25, 0.3) is 0 Å². The van der Waals surface area contributed by atoms with Gasteiger partial charge in [0.15, 0.2) is 0 Å². The molecule has 1 aromatic rings. The Morgan fingerprint density at radius 3 is 2.31 bits per heavy atom. The zero-order chi connectivity index (χ0) is 11.4. The van der Waals surface area contributed by atoms with Crippen LogP contribution >= 0.6 is 0 Å². The van der Waals surface area contributed by atoms with E-state index < -0.39 is 0 Å². The van der Waals surface area contributed by atoms with Crippen LogP contribution in [0, 0.1) is 6.92 Å². The van der Waals surface area contributed by atoms with Crippen molar-refractivity contribution in [2.45, 2.75) is 57.8 Å². The molecule has 0 radical (unpaired) electrons. The maximum atomic E-state index is 5.78. The lowest BCUT2D eigenvalue weighted by atomic mass is 9.90. The summed E-state index contributed by atoms with van der Waals surface area (Å²) in [5, 5.41) is 0. The van der Waals surface area contributed by atoms with Gasteiger partial charge in [0.1, 0.15) is 11.6 Å². The summed E-state index contributed by atoms with van der Waals surface area (Å²) in [6.07, 6.45) is 9.18. The van der Waals surface area contributed by atoms with E-state index in [1.807, 2.05) is 13.0 Å². The van der Waals surface area contributed by atoms with Crippen LogP contribution in [0.5, 0.6) is 0 Å². The number of anilines is 1. The van der Waals surface area contributed by atoms with Crippen LogP contribution in [-0.4, -0.2) is 9.97 Å². The zero-order valence-corrected chi connectivity index (χ0v) is 10.1. The Morgan fingerprint density at radius 2 is 1.69 bits per heavy atom. The zero-order valence-electron chi connectivity index (χ0n) is 10.1. The molecular formula is C13H21N3. The normalized spacial score (nSPS) is 19.1. The van der Waals surface area contributed by atoms with Crippen LogP contribution in [-0.2, 0) is 0 Å². The molecule has 2 N–H and O–H groups in total. The van der Waals surface area contributed by atoms with Crippen LogP contribution in [0.1, 0.15) is 62.4 Å². The van der Waals surface area contributed by atoms with Gasteiger partial charge in [-0.05, 0) is 19.8 Å². The highest BCUT2D eigenvalue weighted by atomic mass is 14.9. The minimum absolute atomic E-state index is 0.530. The van der Waals surface area contributed by atoms with Crippen molar-refractivity contribution < 1.29 is 0 Å². The number of nitrogen functional groups attached to an aromatic ring is 1. The topological polar surface area (TPSA) is 51.8 Å². The molecular weight excluding hydrogens is 198 g/mol. The molecule has 1 heterocycles. The van der Waals surface area contributed by atoms with Crippen molar-refractivity contribution in [2.24, 2.45) is 0 Å². The number of rotatable bonds is 1. The lowest BCUT2D eigenvalue weighted by molar-refractivity contribution is 0.442. The standard InChI is InChI=1S/C13H21N3/c1-10-9-12(14)16-13(15-10)11-7-5-3-2-4-6-8-11/h9,11H,2-8H2,1H3,(H2,14,15,16). The first-order chi connectivity index (χ1) is 7.75. The van der Waals surface area contributed by atoms with Gasteiger partial charge in [-0.15, -0.1) is 0 Å². The van der Waals surface area contributed by atoms with Crippen molar-refractivity contribution in [3.05, 3.63) is 17.6 Å². The number of aromatic nitrogens is 2. The molecule has 0 aliphatic heterocycles. The summed E-state index contributed by atoms with van der Waals surface area (Å²) in [6.45, 7) is 1.99. The largest absolute Gasteiger partial charge is 0.384 e. The molecule has 0 aromatic carbocycles. The van der Waals surface area contributed by atoms with Crippen LogP contribution in [0.2, 0.25) is 0 Å². The third kappa shape index (κ3) is 2.94. The highest BCUT2D eigenvalue weighted by Gasteiger charge is 2.16. The molecule has 1 aliphatic carbocycles. The van der Waals surface area contributed by atoms with Crippen molar-refractivity contribution >= 4 is 5.82 Å². The summed E-state index contributed by atoms with van der Waals surface area (Å²) < 4.78 is 0. The maximum absolute atomic E-state index is 5.78. The summed E-state index contributed by atoms with van der Waals surface area (Å²) in [5.41, 5.74) is 6.78. The van der Waals surface area contributed by atoms with Gasteiger partial charge in [-0.1, -0.05) is 32.1 Å². The summed E-state index contributed by atoms with van der Waals surface area (Å²) >= 11 is 0. The maximum Gasteiger partial charge on any atom is 0.134 e. The molecule has 1 saturated carbocycles. The van der Waals surface area contributed by atoms with E-state index in [0.29, 0.717) is 11.7 Å². The van der Waals surface area contributed by atoms with Crippen LogP contribution in [0.4, 0.5) is 5.82 Å². The highest BCUT2D eigenvalue weighted by Crippen LogP contribution is 2.29. The van der Waals surface area contributed by atoms with E-state index in [1.165, 1.54) is 44.9 Å². The van der Waals surface area contributed by atoms with Crippen LogP contribution in [0.15, 0.2) is 6.07 Å². The molecule has 1 aliphatic rings. The third-order valence-corrected chi connectivity index (χ3v) is 3.36. The Hall–Kier alpha value is -1.12. The fourth-order valence-corrected chi connectivity index (χ4v) is 2.51. The molecule has 0 spiro atoms. The number of hydrogen-bond donors (Lipinski definition) is 1. The molecule has 0 unspecified atom stereocenters. The van der Waals surface area contributed by atoms with Gasteiger partial charge in [-0.3, -0.25) is 0 Å². The number of aryl methyl sites for hydroxylation is 1. The van der Waals surface area contributed by atoms with Crippen LogP contribution in [0.3, 0.4) is 0 Å². The van der Waals surface area contributed by atoms with E-state index in [2.05, 4.69) is 9.97 Å². The van der Waals surface area contributed by atoms with Crippen LogP contribution in [0.25, 0.3) is 0 Å². The average molecular weight is 219 g/mol. The third-order valence-electron chi connectivity index (χ3n) is 3.36. The smallest absolute Gasteiger partial charge is 0.134 e. The summed E-state index contributed by atoms with van der Waals surface area (Å²) in [4.78, 5) is 8.94. The van der Waals surface area contributed by atoms with E-state index >= 15 is 0 Å². The molecule has 0 bridgehead atoms. The fourth-order valence-electron chi connectivity index (χ4n) is 2.51. The molecule has 3 nitrogen and oxygen atoms in total. The summed E-state index contributed by atoms with van der Waals surface area (Å²) in [5.74, 6) is 2.12. The second kappa shape index (κ2) is 5.28. The molecule has 2 rings (SSSR count). The SMILES string of the molecule is Cc1cc(N)nc(C2CCCCCCC2)n1. The first-order valence-electron chi connectivity index (χ1n) is 6.37. The molecule has 3 heteroatoms. The van der Waals surface area contributed by atoms with Crippen molar-refractivity contribution in [2.75, 3.05) is 5.73 Å². The monoisotopic (exact) mass is 219 g/mol. The highest BCUT2D eigenvalue weighted by molar-refractivity contribution is 5.29. The van der Waals surface area contributed by atoms with Gasteiger partial charge in [0.05, 0.1) is 0 Å². The summed E-state index contributed by atoms with van der Waals surface area (Å²) in [7, 11) is 0. The molecule has 16 heavy (non-hydrogen) atoms. The predicted octanol–water partition coefficient (Wildman–Crippen LogP) is 3.20. The molecule has 0 saturated heterocycles. The number of hydrogen-bond acceptors (Lipinski definition) is 3. The average Bonchev–Trinajstić information content (AvgIpc) is 2.14. The van der Waals surface area contributed by atoms with E-state index in [4.69, 9.17) is 5.73 Å². The van der Waals surface area contributed by atoms with Crippen molar-refractivity contribution in [1.29, 1.82) is 0 Å². The van der Waals surface area contributed by atoms with Crippen LogP contribution < -0.4 is 5.73 Å². The van der Waals surface area contributed by atoms with E-state index in [1.54, 1.807) is 0 Å². The lowest BCUT2D eigenvalue weighted by Gasteiger charge is -2.18. The molecule has 1 aromatic heterocycles. The van der Waals surface area contributed by atoms with Gasteiger partial charge in [-0.2, -0.15) is 0 Å². The Labute approximate surface area is 97.5 Å². The van der Waals surface area contributed by atoms with Crippen molar-refractivity contribution in [3.63, 3.8) is 0 Å². The second-order valence-corrected chi connectivity index (χ2v) is 4.83. The minimum atomic E-state index is 0.530. The quantitative estimate of drug-likeness (QED) is 0.789. The molecule has 0 amide bonds. The molecule has 0 atom stereocenters.